The number of hydrogen-bond acceptors (Lipinski definition) is 4. The van der Waals surface area contributed by atoms with Crippen molar-refractivity contribution in [2.45, 2.75) is 103 Å². The summed E-state index contributed by atoms with van der Waals surface area (Å²) >= 11 is 3.20. The number of nitrogens with zero attached hydrogens (tertiary/aromatic N) is 4. The van der Waals surface area contributed by atoms with E-state index in [4.69, 9.17) is 9.31 Å². The maximum atomic E-state index is 13.3. The predicted octanol–water partition coefficient (Wildman–Crippen LogP) is 8.89. The molecule has 3 heterocycles. The number of aryl methyl sites for hydroxylation is 6. The van der Waals surface area contributed by atoms with Gasteiger partial charge in [0.25, 0.3) is 12.9 Å². The van der Waals surface area contributed by atoms with Crippen molar-refractivity contribution in [1.29, 1.82) is 0 Å². The van der Waals surface area contributed by atoms with Gasteiger partial charge in [0.15, 0.2) is 0 Å². The number of hydrogen-bond donors (Lipinski definition) is 0. The lowest BCUT2D eigenvalue weighted by Crippen LogP contribution is -2.41. The lowest BCUT2D eigenvalue weighted by atomic mass is 9.82. The van der Waals surface area contributed by atoms with E-state index < -0.39 is 12.9 Å². The molecule has 2 aromatic carbocycles. The van der Waals surface area contributed by atoms with E-state index in [0.717, 1.165) is 67.1 Å². The maximum Gasteiger partial charge on any atom is 0.498 e. The van der Waals surface area contributed by atoms with E-state index >= 15 is 0 Å². The molecule has 0 unspecified atom stereocenters. The highest BCUT2D eigenvalue weighted by atomic mass is 79.9. The van der Waals surface area contributed by atoms with Gasteiger partial charge >= 0.3 is 7.12 Å². The molecular weight excluding hydrogens is 687 g/mol. The summed E-state index contributed by atoms with van der Waals surface area (Å²) in [5.41, 5.74) is 6.71. The van der Waals surface area contributed by atoms with Crippen molar-refractivity contribution < 1.29 is 26.9 Å². The van der Waals surface area contributed by atoms with Crippen molar-refractivity contribution in [1.82, 2.24) is 19.6 Å². The zero-order chi connectivity index (χ0) is 34.8. The van der Waals surface area contributed by atoms with Crippen molar-refractivity contribution in [2.24, 2.45) is 14.1 Å². The van der Waals surface area contributed by atoms with E-state index in [-0.39, 0.29) is 29.4 Å². The number of halogens is 5. The molecule has 12 heteroatoms. The van der Waals surface area contributed by atoms with Crippen LogP contribution in [0.4, 0.5) is 17.6 Å². The zero-order valence-corrected chi connectivity index (χ0v) is 30.1. The van der Waals surface area contributed by atoms with Crippen LogP contribution in [0, 0.1) is 0 Å². The topological polar surface area (TPSA) is 54.1 Å². The summed E-state index contributed by atoms with van der Waals surface area (Å²) in [6, 6.07) is 7.15. The molecule has 1 saturated heterocycles. The van der Waals surface area contributed by atoms with Crippen LogP contribution < -0.4 is 5.46 Å². The van der Waals surface area contributed by atoms with Crippen molar-refractivity contribution >= 4 is 28.5 Å². The molecule has 3 aliphatic rings. The lowest BCUT2D eigenvalue weighted by molar-refractivity contribution is 0.00578. The highest BCUT2D eigenvalue weighted by Gasteiger charge is 2.52. The Morgan fingerprint density at radius 2 is 1.15 bits per heavy atom. The van der Waals surface area contributed by atoms with Gasteiger partial charge in [-0.05, 0) is 125 Å². The SMILES string of the molecule is Cn1cc(-c2cc3c(cc2C(F)F)CCCC3)cn1.Cn1cc(B2OC(C)(C)C(C)(C)O2)cn1.FC(F)c1cc2c(cc1Br)CCCC2. The molecule has 7 rings (SSSR count). The maximum absolute atomic E-state index is 13.3. The van der Waals surface area contributed by atoms with Crippen LogP contribution in [-0.4, -0.2) is 37.9 Å². The molecule has 4 aromatic rings. The van der Waals surface area contributed by atoms with Crippen molar-refractivity contribution in [3.8, 4) is 11.1 Å². The molecule has 258 valence electrons. The molecule has 1 fully saturated rings. The van der Waals surface area contributed by atoms with E-state index in [1.807, 2.05) is 53.1 Å². The van der Waals surface area contributed by atoms with Gasteiger partial charge in [0.05, 0.1) is 17.4 Å². The van der Waals surface area contributed by atoms with Crippen molar-refractivity contribution in [2.75, 3.05) is 0 Å². The van der Waals surface area contributed by atoms with E-state index in [2.05, 4.69) is 26.1 Å². The monoisotopic (exact) mass is 730 g/mol. The van der Waals surface area contributed by atoms with Crippen LogP contribution in [0.5, 0.6) is 0 Å². The second-order valence-electron chi connectivity index (χ2n) is 13.8. The Labute approximate surface area is 289 Å². The van der Waals surface area contributed by atoms with E-state index in [0.29, 0.717) is 10.0 Å². The predicted molar refractivity (Wildman–Crippen MR) is 185 cm³/mol. The molecule has 0 amide bonds. The summed E-state index contributed by atoms with van der Waals surface area (Å²) in [6.07, 6.45) is 10.7. The molecule has 2 aliphatic carbocycles. The highest BCUT2D eigenvalue weighted by Crippen LogP contribution is 2.37. The van der Waals surface area contributed by atoms with Crippen LogP contribution in [0.25, 0.3) is 11.1 Å². The zero-order valence-electron chi connectivity index (χ0n) is 28.5. The van der Waals surface area contributed by atoms with E-state index in [1.54, 1.807) is 47.1 Å². The van der Waals surface area contributed by atoms with Crippen LogP contribution in [0.2, 0.25) is 0 Å². The Morgan fingerprint density at radius 3 is 1.60 bits per heavy atom. The summed E-state index contributed by atoms with van der Waals surface area (Å²) in [5.74, 6) is 0. The minimum absolute atomic E-state index is 0.130. The number of fused-ring (bicyclic) bond motifs is 2. The van der Waals surface area contributed by atoms with Gasteiger partial charge in [-0.3, -0.25) is 9.36 Å². The first-order chi connectivity index (χ1) is 22.6. The Morgan fingerprint density at radius 1 is 0.688 bits per heavy atom. The number of rotatable bonds is 4. The minimum Gasteiger partial charge on any atom is -0.399 e. The third-order valence-corrected chi connectivity index (χ3v) is 10.4. The minimum atomic E-state index is -2.44. The normalized spacial score (nSPS) is 17.7. The fourth-order valence-corrected chi connectivity index (χ4v) is 6.84. The Hall–Kier alpha value is -2.96. The standard InChI is InChI=1S/C15H16F2N2.C11H11BrF2.C10H17BN2O2/c1-19-9-12(8-18-19)13-6-10-4-2-3-5-11(10)7-14(13)15(16)17;12-10-6-8-4-2-1-3-7(8)5-9(10)11(13)14;1-9(2)10(3,4)15-11(14-9)8-6-12-13(5)7-8/h6-9,15H,2-5H2,1H3;5-6,11H,1-4H2;6-7H,1-5H3. The van der Waals surface area contributed by atoms with E-state index in [9.17, 15) is 17.6 Å². The molecule has 0 spiro atoms. The van der Waals surface area contributed by atoms with Crippen LogP contribution in [-0.2, 0) is 49.1 Å². The van der Waals surface area contributed by atoms with Gasteiger partial charge in [-0.25, -0.2) is 17.6 Å². The van der Waals surface area contributed by atoms with Crippen molar-refractivity contribution in [3.05, 3.63) is 86.9 Å². The second-order valence-corrected chi connectivity index (χ2v) is 14.7. The lowest BCUT2D eigenvalue weighted by Gasteiger charge is -2.32. The molecule has 0 atom stereocenters. The van der Waals surface area contributed by atoms with Crippen molar-refractivity contribution in [3.63, 3.8) is 0 Å². The molecular formula is C36H44BBrF4N4O2. The average molecular weight is 731 g/mol. The average Bonchev–Trinajstić information content (AvgIpc) is 3.73. The first-order valence-electron chi connectivity index (χ1n) is 16.5. The summed E-state index contributed by atoms with van der Waals surface area (Å²) in [5, 5.41) is 8.19. The molecule has 6 nitrogen and oxygen atoms in total. The molecule has 0 bridgehead atoms. The van der Waals surface area contributed by atoms with Gasteiger partial charge in [0.2, 0.25) is 0 Å². The van der Waals surface area contributed by atoms with Crippen LogP contribution in [0.1, 0.15) is 99.6 Å². The fraction of sp³-hybridized carbons (Fsp3) is 0.500. The molecule has 1 aliphatic heterocycles. The molecule has 0 radical (unpaired) electrons. The quantitative estimate of drug-likeness (QED) is 0.156. The Bertz CT molecular complexity index is 1710. The van der Waals surface area contributed by atoms with Crippen LogP contribution in [0.15, 0.2) is 53.5 Å². The van der Waals surface area contributed by atoms with Crippen LogP contribution >= 0.6 is 15.9 Å². The van der Waals surface area contributed by atoms with Gasteiger partial charge in [-0.15, -0.1) is 0 Å². The Balaban J connectivity index is 0.000000143. The van der Waals surface area contributed by atoms with Gasteiger partial charge < -0.3 is 9.31 Å². The molecule has 0 N–H and O–H groups in total. The summed E-state index contributed by atoms with van der Waals surface area (Å²) in [7, 11) is 3.38. The first-order valence-corrected chi connectivity index (χ1v) is 17.3. The highest BCUT2D eigenvalue weighted by molar-refractivity contribution is 9.10. The van der Waals surface area contributed by atoms with E-state index in [1.165, 1.54) is 17.5 Å². The van der Waals surface area contributed by atoms with Crippen LogP contribution in [0.3, 0.4) is 0 Å². The third-order valence-electron chi connectivity index (χ3n) is 9.71. The smallest absolute Gasteiger partial charge is 0.399 e. The summed E-state index contributed by atoms with van der Waals surface area (Å²) < 4.78 is 67.4. The number of alkyl halides is 4. The summed E-state index contributed by atoms with van der Waals surface area (Å²) in [6.45, 7) is 8.18. The molecule has 0 saturated carbocycles. The summed E-state index contributed by atoms with van der Waals surface area (Å²) in [4.78, 5) is 0. The largest absolute Gasteiger partial charge is 0.498 e. The first kappa shape index (κ1) is 36.3. The molecule has 2 aromatic heterocycles. The Kier molecular flexibility index (Phi) is 11.3. The van der Waals surface area contributed by atoms with Gasteiger partial charge in [0.1, 0.15) is 0 Å². The molecule has 48 heavy (non-hydrogen) atoms. The van der Waals surface area contributed by atoms with Gasteiger partial charge in [-0.2, -0.15) is 10.2 Å². The van der Waals surface area contributed by atoms with Gasteiger partial charge in [-0.1, -0.05) is 22.0 Å². The number of benzene rings is 2. The second kappa shape index (κ2) is 14.9. The third kappa shape index (κ3) is 8.25. The fourth-order valence-electron chi connectivity index (χ4n) is 6.28. The number of aromatic nitrogens is 4. The van der Waals surface area contributed by atoms with Gasteiger partial charge in [0, 0.05) is 59.3 Å².